The highest BCUT2D eigenvalue weighted by molar-refractivity contribution is 14.0. The summed E-state index contributed by atoms with van der Waals surface area (Å²) in [6.07, 6.45) is 2.31. The summed E-state index contributed by atoms with van der Waals surface area (Å²) in [5.74, 6) is 1.12. The van der Waals surface area contributed by atoms with Gasteiger partial charge in [0.1, 0.15) is 5.60 Å². The van der Waals surface area contributed by atoms with Crippen LogP contribution in [0.3, 0.4) is 0 Å². The Morgan fingerprint density at radius 1 is 1.28 bits per heavy atom. The highest BCUT2D eigenvalue weighted by Crippen LogP contribution is 2.33. The molecule has 3 rings (SSSR count). The van der Waals surface area contributed by atoms with Gasteiger partial charge in [0.05, 0.1) is 12.6 Å². The molecule has 1 saturated heterocycles. The van der Waals surface area contributed by atoms with Gasteiger partial charge >= 0.3 is 0 Å². The minimum Gasteiger partial charge on any atom is -0.383 e. The van der Waals surface area contributed by atoms with Crippen LogP contribution in [0.25, 0.3) is 0 Å². The maximum Gasteiger partial charge on any atom is 0.191 e. The lowest BCUT2D eigenvalue weighted by atomic mass is 9.89. The van der Waals surface area contributed by atoms with Gasteiger partial charge in [0.2, 0.25) is 0 Å². The summed E-state index contributed by atoms with van der Waals surface area (Å²) in [5, 5.41) is 21.4. The predicted octanol–water partition coefficient (Wildman–Crippen LogP) is 4.30. The minimum atomic E-state index is -0.969. The van der Waals surface area contributed by atoms with Crippen molar-refractivity contribution in [1.82, 2.24) is 10.6 Å². The fourth-order valence-electron chi connectivity index (χ4n) is 3.53. The molecule has 0 bridgehead atoms. The lowest BCUT2D eigenvalue weighted by molar-refractivity contribution is -0.0265. The van der Waals surface area contributed by atoms with Crippen molar-refractivity contribution < 1.29 is 9.84 Å². The standard InChI is InChI=1S/C22H31N3O2S.HI/c1-3-23-21(25-16-22(2,26)19-11-13-28-15-19)24-14-18-10-7-12-27-20(18)17-8-5-4-6-9-17;/h4-6,8-9,11,13,15,18,20,26H,3,7,10,12,14,16H2,1-2H3,(H2,23,24,25);1H. The van der Waals surface area contributed by atoms with Crippen LogP contribution in [-0.2, 0) is 10.3 Å². The van der Waals surface area contributed by atoms with E-state index < -0.39 is 5.60 Å². The number of halogens is 1. The molecule has 0 amide bonds. The molecule has 1 aromatic carbocycles. The molecule has 0 radical (unpaired) electrons. The third kappa shape index (κ3) is 6.94. The van der Waals surface area contributed by atoms with Gasteiger partial charge in [-0.2, -0.15) is 11.3 Å². The molecule has 3 N–H and O–H groups in total. The van der Waals surface area contributed by atoms with Gasteiger partial charge in [-0.1, -0.05) is 30.3 Å². The molecule has 1 aromatic heterocycles. The first kappa shape index (κ1) is 24.1. The SMILES string of the molecule is CCNC(=NCC(C)(O)c1ccsc1)NCC1CCCOC1c1ccccc1.I. The third-order valence-corrected chi connectivity index (χ3v) is 5.82. The molecule has 5 nitrogen and oxygen atoms in total. The van der Waals surface area contributed by atoms with Gasteiger partial charge in [-0.25, -0.2) is 4.99 Å². The number of aliphatic hydroxyl groups is 1. The normalized spacial score (nSPS) is 21.7. The Kier molecular flexibility index (Phi) is 9.88. The van der Waals surface area contributed by atoms with Crippen LogP contribution >= 0.6 is 35.3 Å². The van der Waals surface area contributed by atoms with E-state index in [4.69, 9.17) is 4.74 Å². The highest BCUT2D eigenvalue weighted by Gasteiger charge is 2.28. The zero-order valence-corrected chi connectivity index (χ0v) is 20.3. The molecule has 0 spiro atoms. The topological polar surface area (TPSA) is 65.9 Å². The largest absolute Gasteiger partial charge is 0.383 e. The van der Waals surface area contributed by atoms with E-state index in [1.54, 1.807) is 11.3 Å². The molecule has 1 aliphatic heterocycles. The van der Waals surface area contributed by atoms with Gasteiger partial charge in [0.15, 0.2) is 5.96 Å². The van der Waals surface area contributed by atoms with E-state index in [1.165, 1.54) is 5.56 Å². The van der Waals surface area contributed by atoms with E-state index in [0.29, 0.717) is 12.5 Å². The number of rotatable bonds is 7. The van der Waals surface area contributed by atoms with Crippen LogP contribution in [0.2, 0.25) is 0 Å². The van der Waals surface area contributed by atoms with Crippen LogP contribution in [0.1, 0.15) is 43.9 Å². The molecular weight excluding hydrogens is 497 g/mol. The van der Waals surface area contributed by atoms with E-state index in [9.17, 15) is 5.11 Å². The smallest absolute Gasteiger partial charge is 0.191 e. The number of nitrogens with zero attached hydrogens (tertiary/aromatic N) is 1. The number of benzene rings is 1. The van der Waals surface area contributed by atoms with Crippen LogP contribution in [0.5, 0.6) is 0 Å². The van der Waals surface area contributed by atoms with Gasteiger partial charge in [-0.3, -0.25) is 0 Å². The number of nitrogens with one attached hydrogen (secondary N) is 2. The van der Waals surface area contributed by atoms with Crippen LogP contribution in [0.4, 0.5) is 0 Å². The van der Waals surface area contributed by atoms with Crippen molar-refractivity contribution >= 4 is 41.3 Å². The molecule has 3 atom stereocenters. The lowest BCUT2D eigenvalue weighted by Crippen LogP contribution is -2.42. The Morgan fingerprint density at radius 2 is 2.07 bits per heavy atom. The van der Waals surface area contributed by atoms with Crippen molar-refractivity contribution in [2.24, 2.45) is 10.9 Å². The Bertz CT molecular complexity index is 738. The van der Waals surface area contributed by atoms with Gasteiger partial charge < -0.3 is 20.5 Å². The van der Waals surface area contributed by atoms with E-state index in [1.807, 2.05) is 36.7 Å². The fraction of sp³-hybridized carbons (Fsp3) is 0.500. The number of thiophene rings is 1. The molecule has 1 fully saturated rings. The van der Waals surface area contributed by atoms with Crippen LogP contribution in [0, 0.1) is 5.92 Å². The summed E-state index contributed by atoms with van der Waals surface area (Å²) in [5.41, 5.74) is 1.17. The van der Waals surface area contributed by atoms with E-state index >= 15 is 0 Å². The molecule has 7 heteroatoms. The monoisotopic (exact) mass is 529 g/mol. The lowest BCUT2D eigenvalue weighted by Gasteiger charge is -2.32. The van der Waals surface area contributed by atoms with Crippen LogP contribution in [0.15, 0.2) is 52.2 Å². The summed E-state index contributed by atoms with van der Waals surface area (Å²) < 4.78 is 6.09. The van der Waals surface area contributed by atoms with E-state index in [-0.39, 0.29) is 30.1 Å². The summed E-state index contributed by atoms with van der Waals surface area (Å²) in [4.78, 5) is 4.63. The molecule has 2 heterocycles. The number of hydrogen-bond donors (Lipinski definition) is 3. The first-order valence-corrected chi connectivity index (χ1v) is 11.0. The Morgan fingerprint density at radius 3 is 2.76 bits per heavy atom. The van der Waals surface area contributed by atoms with Crippen molar-refractivity contribution in [3.63, 3.8) is 0 Å². The van der Waals surface area contributed by atoms with Crippen LogP contribution in [-0.4, -0.2) is 37.3 Å². The zero-order chi connectivity index (χ0) is 19.8. The Balaban J connectivity index is 0.00000300. The van der Waals surface area contributed by atoms with Crippen molar-refractivity contribution in [3.05, 3.63) is 58.3 Å². The van der Waals surface area contributed by atoms with Crippen molar-refractivity contribution in [2.45, 2.75) is 38.4 Å². The zero-order valence-electron chi connectivity index (χ0n) is 17.1. The highest BCUT2D eigenvalue weighted by atomic mass is 127. The molecule has 3 unspecified atom stereocenters. The average Bonchev–Trinajstić information content (AvgIpc) is 3.27. The van der Waals surface area contributed by atoms with E-state index in [2.05, 4.69) is 39.9 Å². The van der Waals surface area contributed by atoms with Crippen molar-refractivity contribution in [3.8, 4) is 0 Å². The van der Waals surface area contributed by atoms with Gasteiger partial charge in [-0.05, 0) is 54.6 Å². The Labute approximate surface area is 195 Å². The Hall–Kier alpha value is -1.16. The van der Waals surface area contributed by atoms with Crippen molar-refractivity contribution in [2.75, 3.05) is 26.2 Å². The predicted molar refractivity (Wildman–Crippen MR) is 131 cm³/mol. The number of ether oxygens (including phenoxy) is 1. The summed E-state index contributed by atoms with van der Waals surface area (Å²) in [6.45, 7) is 6.53. The molecule has 29 heavy (non-hydrogen) atoms. The number of aliphatic imine (C=N–C) groups is 1. The molecule has 2 aromatic rings. The van der Waals surface area contributed by atoms with Gasteiger partial charge in [-0.15, -0.1) is 24.0 Å². The average molecular weight is 529 g/mol. The number of hydrogen-bond acceptors (Lipinski definition) is 4. The third-order valence-electron chi connectivity index (χ3n) is 5.14. The molecular formula is C22H32IN3O2S. The summed E-state index contributed by atoms with van der Waals surface area (Å²) in [6, 6.07) is 12.4. The van der Waals surface area contributed by atoms with Gasteiger partial charge in [0.25, 0.3) is 0 Å². The number of guanidine groups is 1. The molecule has 0 saturated carbocycles. The second kappa shape index (κ2) is 11.9. The summed E-state index contributed by atoms with van der Waals surface area (Å²) >= 11 is 1.58. The second-order valence-corrected chi connectivity index (χ2v) is 8.25. The molecule has 1 aliphatic rings. The maximum absolute atomic E-state index is 10.7. The first-order chi connectivity index (χ1) is 13.6. The second-order valence-electron chi connectivity index (χ2n) is 7.47. The van der Waals surface area contributed by atoms with Crippen molar-refractivity contribution in [1.29, 1.82) is 0 Å². The molecule has 0 aliphatic carbocycles. The minimum absolute atomic E-state index is 0. The van der Waals surface area contributed by atoms with Crippen LogP contribution < -0.4 is 10.6 Å². The quantitative estimate of drug-likeness (QED) is 0.285. The summed E-state index contributed by atoms with van der Waals surface area (Å²) in [7, 11) is 0. The first-order valence-electron chi connectivity index (χ1n) is 10.0. The fourth-order valence-corrected chi connectivity index (χ4v) is 4.31. The maximum atomic E-state index is 10.7. The van der Waals surface area contributed by atoms with Gasteiger partial charge in [0, 0.05) is 25.6 Å². The molecule has 160 valence electrons. The van der Waals surface area contributed by atoms with E-state index in [0.717, 1.165) is 44.1 Å².